The van der Waals surface area contributed by atoms with E-state index in [0.29, 0.717) is 0 Å². The van der Waals surface area contributed by atoms with Crippen LogP contribution < -0.4 is 5.32 Å². The fourth-order valence-corrected chi connectivity index (χ4v) is 2.31. The van der Waals surface area contributed by atoms with Crippen molar-refractivity contribution in [1.29, 1.82) is 0 Å². The summed E-state index contributed by atoms with van der Waals surface area (Å²) in [4.78, 5) is 22.5. The molecule has 8 heteroatoms. The standard InChI is InChI=1S/C11H17NO7/c1-5(13)12-4-7(15)9-8-6(14)3-11(17-2,19-9)10(16)18-8/h6-9,14-15H,3-4H2,1-2H3,(H,12,13)/t6-,7-,8-,9-,11-/m1/s1. The minimum atomic E-state index is -1.68. The summed E-state index contributed by atoms with van der Waals surface area (Å²) >= 11 is 0. The molecule has 19 heavy (non-hydrogen) atoms. The van der Waals surface area contributed by atoms with Gasteiger partial charge in [-0.2, -0.15) is 0 Å². The number of hydrogen-bond donors (Lipinski definition) is 3. The lowest BCUT2D eigenvalue weighted by Gasteiger charge is -2.50. The van der Waals surface area contributed by atoms with E-state index in [4.69, 9.17) is 14.2 Å². The van der Waals surface area contributed by atoms with Crippen LogP contribution in [0.1, 0.15) is 13.3 Å². The van der Waals surface area contributed by atoms with E-state index in [-0.39, 0.29) is 18.9 Å². The van der Waals surface area contributed by atoms with Gasteiger partial charge in [0.2, 0.25) is 5.91 Å². The summed E-state index contributed by atoms with van der Waals surface area (Å²) in [6.45, 7) is 1.24. The van der Waals surface area contributed by atoms with E-state index < -0.39 is 36.2 Å². The second-order valence-corrected chi connectivity index (χ2v) is 4.69. The van der Waals surface area contributed by atoms with Crippen molar-refractivity contribution in [2.45, 2.75) is 43.5 Å². The number of methoxy groups -OCH3 is 1. The number of rotatable bonds is 4. The summed E-state index contributed by atoms with van der Waals surface area (Å²) < 4.78 is 15.5. The van der Waals surface area contributed by atoms with Gasteiger partial charge in [0.1, 0.15) is 12.2 Å². The number of esters is 1. The number of amides is 1. The first-order valence-corrected chi connectivity index (χ1v) is 5.94. The topological polar surface area (TPSA) is 114 Å². The van der Waals surface area contributed by atoms with Gasteiger partial charge in [-0.15, -0.1) is 0 Å². The number of carbonyl (C=O) groups is 2. The van der Waals surface area contributed by atoms with E-state index >= 15 is 0 Å². The van der Waals surface area contributed by atoms with Crippen LogP contribution in [0.2, 0.25) is 0 Å². The molecule has 0 aromatic heterocycles. The van der Waals surface area contributed by atoms with Gasteiger partial charge in [0.05, 0.1) is 6.10 Å². The smallest absolute Gasteiger partial charge is 0.367 e. The van der Waals surface area contributed by atoms with Gasteiger partial charge < -0.3 is 29.7 Å². The maximum Gasteiger partial charge on any atom is 0.367 e. The van der Waals surface area contributed by atoms with Crippen molar-refractivity contribution in [3.63, 3.8) is 0 Å². The Balaban J connectivity index is 2.11. The first-order chi connectivity index (χ1) is 8.89. The SMILES string of the molecule is CO[C@@]12C[C@@H](O)[C@@H](OC1=O)[C@@H]([C@H](O)CNC(C)=O)O2. The third-order valence-electron chi connectivity index (χ3n) is 3.33. The molecule has 8 nitrogen and oxygen atoms in total. The molecule has 0 aromatic rings. The van der Waals surface area contributed by atoms with Gasteiger partial charge in [-0.05, 0) is 0 Å². The third-order valence-corrected chi connectivity index (χ3v) is 3.33. The average molecular weight is 275 g/mol. The number of aliphatic hydroxyl groups excluding tert-OH is 2. The van der Waals surface area contributed by atoms with E-state index in [0.717, 1.165) is 0 Å². The summed E-state index contributed by atoms with van der Waals surface area (Å²) in [5.74, 6) is -2.71. The van der Waals surface area contributed by atoms with Crippen LogP contribution in [0, 0.1) is 0 Å². The van der Waals surface area contributed by atoms with Gasteiger partial charge >= 0.3 is 5.97 Å². The summed E-state index contributed by atoms with van der Waals surface area (Å²) in [6, 6.07) is 0. The molecule has 1 amide bonds. The number of ether oxygens (including phenoxy) is 3. The molecule has 0 spiro atoms. The number of carbonyl (C=O) groups excluding carboxylic acids is 2. The largest absolute Gasteiger partial charge is 0.453 e. The molecule has 5 atom stereocenters. The zero-order chi connectivity index (χ0) is 14.2. The van der Waals surface area contributed by atoms with Crippen molar-refractivity contribution in [3.05, 3.63) is 0 Å². The van der Waals surface area contributed by atoms with Crippen molar-refractivity contribution in [1.82, 2.24) is 5.32 Å². The van der Waals surface area contributed by atoms with Gasteiger partial charge in [-0.25, -0.2) is 4.79 Å². The Kier molecular flexibility index (Phi) is 3.77. The minimum Gasteiger partial charge on any atom is -0.453 e. The van der Waals surface area contributed by atoms with E-state index in [2.05, 4.69) is 5.32 Å². The molecule has 3 fully saturated rings. The Bertz CT molecular complexity index is 387. The predicted molar refractivity (Wildman–Crippen MR) is 59.8 cm³/mol. The molecule has 0 aliphatic carbocycles. The molecule has 0 aromatic carbocycles. The van der Waals surface area contributed by atoms with Crippen molar-refractivity contribution < 1.29 is 34.0 Å². The Labute approximate surface area is 109 Å². The lowest BCUT2D eigenvalue weighted by Crippen LogP contribution is -2.69. The lowest BCUT2D eigenvalue weighted by molar-refractivity contribution is -0.353. The van der Waals surface area contributed by atoms with Crippen LogP contribution in [-0.4, -0.2) is 65.9 Å². The highest BCUT2D eigenvalue weighted by Crippen LogP contribution is 2.39. The number of nitrogens with one attached hydrogen (secondary N) is 1. The fraction of sp³-hybridized carbons (Fsp3) is 0.818. The molecule has 0 saturated carbocycles. The highest BCUT2D eigenvalue weighted by molar-refractivity contribution is 5.80. The Hall–Kier alpha value is -1.22. The molecule has 3 saturated heterocycles. The molecule has 0 radical (unpaired) electrons. The van der Waals surface area contributed by atoms with E-state index in [1.165, 1.54) is 14.0 Å². The third kappa shape index (κ3) is 2.44. The first kappa shape index (κ1) is 14.2. The quantitative estimate of drug-likeness (QED) is 0.503. The maximum atomic E-state index is 11.7. The molecule has 108 valence electrons. The molecule has 3 aliphatic rings. The molecule has 2 bridgehead atoms. The number of hydrogen-bond acceptors (Lipinski definition) is 7. The van der Waals surface area contributed by atoms with E-state index in [1.54, 1.807) is 0 Å². The van der Waals surface area contributed by atoms with Crippen LogP contribution in [0.3, 0.4) is 0 Å². The number of aliphatic hydroxyl groups is 2. The molecular formula is C11H17NO7. The second-order valence-electron chi connectivity index (χ2n) is 4.69. The first-order valence-electron chi connectivity index (χ1n) is 5.94. The van der Waals surface area contributed by atoms with Crippen LogP contribution in [-0.2, 0) is 23.8 Å². The van der Waals surface area contributed by atoms with Crippen LogP contribution in [0.4, 0.5) is 0 Å². The highest BCUT2D eigenvalue weighted by Gasteiger charge is 2.61. The van der Waals surface area contributed by atoms with Gasteiger partial charge in [-0.3, -0.25) is 4.79 Å². The highest BCUT2D eigenvalue weighted by atomic mass is 16.8. The molecule has 3 heterocycles. The summed E-state index contributed by atoms with van der Waals surface area (Å²) in [5, 5.41) is 22.3. The molecule has 0 unspecified atom stereocenters. The molecule has 3 aliphatic heterocycles. The lowest BCUT2D eigenvalue weighted by atomic mass is 9.89. The van der Waals surface area contributed by atoms with Crippen molar-refractivity contribution in [3.8, 4) is 0 Å². The monoisotopic (exact) mass is 275 g/mol. The van der Waals surface area contributed by atoms with Crippen LogP contribution in [0.25, 0.3) is 0 Å². The fourth-order valence-electron chi connectivity index (χ4n) is 2.31. The predicted octanol–water partition coefficient (Wildman–Crippen LogP) is -2.10. The Morgan fingerprint density at radius 3 is 2.95 bits per heavy atom. The van der Waals surface area contributed by atoms with E-state index in [1.807, 2.05) is 0 Å². The summed E-state index contributed by atoms with van der Waals surface area (Å²) in [5.41, 5.74) is 0. The van der Waals surface area contributed by atoms with Crippen LogP contribution >= 0.6 is 0 Å². The van der Waals surface area contributed by atoms with Gasteiger partial charge in [0, 0.05) is 27.0 Å². The normalized spacial score (nSPS) is 38.7. The zero-order valence-electron chi connectivity index (χ0n) is 10.7. The van der Waals surface area contributed by atoms with Crippen molar-refractivity contribution >= 4 is 11.9 Å². The number of fused-ring (bicyclic) bond motifs is 3. The van der Waals surface area contributed by atoms with Gasteiger partial charge in [0.25, 0.3) is 5.79 Å². The zero-order valence-corrected chi connectivity index (χ0v) is 10.7. The molecule has 3 N–H and O–H groups in total. The summed E-state index contributed by atoms with van der Waals surface area (Å²) in [6.07, 6.45) is -4.06. The maximum absolute atomic E-state index is 11.7. The average Bonchev–Trinajstić information content (AvgIpc) is 2.37. The van der Waals surface area contributed by atoms with Crippen molar-refractivity contribution in [2.75, 3.05) is 13.7 Å². The summed E-state index contributed by atoms with van der Waals surface area (Å²) in [7, 11) is 1.26. The molecular weight excluding hydrogens is 258 g/mol. The van der Waals surface area contributed by atoms with Crippen LogP contribution in [0.15, 0.2) is 0 Å². The second kappa shape index (κ2) is 5.04. The Morgan fingerprint density at radius 1 is 1.68 bits per heavy atom. The van der Waals surface area contributed by atoms with E-state index in [9.17, 15) is 19.8 Å². The van der Waals surface area contributed by atoms with Crippen molar-refractivity contribution in [2.24, 2.45) is 0 Å². The minimum absolute atomic E-state index is 0.0453. The van der Waals surface area contributed by atoms with Crippen LogP contribution in [0.5, 0.6) is 0 Å². The molecule has 3 rings (SSSR count). The Morgan fingerprint density at radius 2 is 2.37 bits per heavy atom. The van der Waals surface area contributed by atoms with Gasteiger partial charge in [-0.1, -0.05) is 0 Å². The van der Waals surface area contributed by atoms with Gasteiger partial charge in [0.15, 0.2) is 6.10 Å².